The van der Waals surface area contributed by atoms with Crippen molar-refractivity contribution in [3.8, 4) is 0 Å². The molecule has 0 bridgehead atoms. The van der Waals surface area contributed by atoms with Crippen LogP contribution in [0.5, 0.6) is 0 Å². The number of nitrogens with zero attached hydrogens (tertiary/aromatic N) is 1. The molecular weight excluding hydrogens is 314 g/mol. The Morgan fingerprint density at radius 2 is 1.92 bits per heavy atom. The zero-order valence-electron chi connectivity index (χ0n) is 14.1. The van der Waals surface area contributed by atoms with Crippen molar-refractivity contribution in [3.63, 3.8) is 0 Å². The Bertz CT molecular complexity index is 843. The first-order chi connectivity index (χ1) is 12.1. The molecule has 0 spiro atoms. The number of amides is 1. The summed E-state index contributed by atoms with van der Waals surface area (Å²) < 4.78 is 5.39. The van der Waals surface area contributed by atoms with E-state index in [4.69, 9.17) is 10.2 Å². The summed E-state index contributed by atoms with van der Waals surface area (Å²) in [6, 6.07) is 17.5. The van der Waals surface area contributed by atoms with Gasteiger partial charge in [-0.05, 0) is 24.5 Å². The Labute approximate surface area is 146 Å². The first-order valence-electron chi connectivity index (χ1n) is 8.20. The Hall–Kier alpha value is -2.92. The maximum Gasteiger partial charge on any atom is 0.273 e. The van der Waals surface area contributed by atoms with Gasteiger partial charge in [0.15, 0.2) is 5.69 Å². The van der Waals surface area contributed by atoms with Crippen LogP contribution in [0.15, 0.2) is 65.3 Å². The molecule has 0 aliphatic rings. The molecule has 1 amide bonds. The number of benzene rings is 2. The normalized spacial score (nSPS) is 11.9. The van der Waals surface area contributed by atoms with Crippen LogP contribution in [-0.2, 0) is 13.0 Å². The Kier molecular flexibility index (Phi) is 5.26. The summed E-state index contributed by atoms with van der Waals surface area (Å²) in [5.41, 5.74) is 9.67. The topological polar surface area (TPSA) is 81.2 Å². The molecule has 5 nitrogen and oxygen atoms in total. The van der Waals surface area contributed by atoms with Crippen LogP contribution in [0.3, 0.4) is 0 Å². The molecule has 1 atom stereocenters. The summed E-state index contributed by atoms with van der Waals surface area (Å²) in [4.78, 5) is 16.5. The smallest absolute Gasteiger partial charge is 0.273 e. The standard InChI is InChI=1S/C20H21N3O2/c1-14-6-5-9-16(10-14)12-22-19(24)18-13-25-20(23-18)17(21)11-15-7-3-2-4-8-15/h2-10,13,17H,11-12,21H2,1H3,(H,22,24). The van der Waals surface area contributed by atoms with Gasteiger partial charge in [-0.15, -0.1) is 0 Å². The highest BCUT2D eigenvalue weighted by molar-refractivity contribution is 5.91. The zero-order chi connectivity index (χ0) is 17.6. The molecule has 3 rings (SSSR count). The van der Waals surface area contributed by atoms with Crippen LogP contribution in [0.1, 0.15) is 39.1 Å². The second-order valence-corrected chi connectivity index (χ2v) is 6.04. The van der Waals surface area contributed by atoms with Crippen molar-refractivity contribution in [2.24, 2.45) is 5.73 Å². The number of nitrogens with one attached hydrogen (secondary N) is 1. The van der Waals surface area contributed by atoms with Gasteiger partial charge >= 0.3 is 0 Å². The SMILES string of the molecule is Cc1cccc(CNC(=O)c2coc(C(N)Cc3ccccc3)n2)c1. The molecule has 2 aromatic carbocycles. The molecule has 1 aromatic heterocycles. The van der Waals surface area contributed by atoms with Gasteiger partial charge in [-0.3, -0.25) is 4.79 Å². The van der Waals surface area contributed by atoms with Crippen LogP contribution in [0.2, 0.25) is 0 Å². The Morgan fingerprint density at radius 1 is 1.16 bits per heavy atom. The molecule has 0 fully saturated rings. The van der Waals surface area contributed by atoms with E-state index in [1.165, 1.54) is 6.26 Å². The molecule has 1 heterocycles. The monoisotopic (exact) mass is 335 g/mol. The summed E-state index contributed by atoms with van der Waals surface area (Å²) in [5.74, 6) is 0.0907. The highest BCUT2D eigenvalue weighted by Crippen LogP contribution is 2.16. The van der Waals surface area contributed by atoms with Crippen molar-refractivity contribution in [2.75, 3.05) is 0 Å². The summed E-state index contributed by atoms with van der Waals surface area (Å²) in [7, 11) is 0. The number of carbonyl (C=O) groups excluding carboxylic acids is 1. The van der Waals surface area contributed by atoms with Gasteiger partial charge in [0.2, 0.25) is 5.89 Å². The average Bonchev–Trinajstić information content (AvgIpc) is 3.11. The van der Waals surface area contributed by atoms with E-state index in [1.54, 1.807) is 0 Å². The van der Waals surface area contributed by atoms with Crippen LogP contribution >= 0.6 is 0 Å². The number of oxazole rings is 1. The fraction of sp³-hybridized carbons (Fsp3) is 0.200. The molecule has 0 radical (unpaired) electrons. The van der Waals surface area contributed by atoms with E-state index in [0.717, 1.165) is 16.7 Å². The molecule has 5 heteroatoms. The van der Waals surface area contributed by atoms with E-state index in [2.05, 4.69) is 10.3 Å². The predicted molar refractivity (Wildman–Crippen MR) is 95.9 cm³/mol. The fourth-order valence-corrected chi connectivity index (χ4v) is 2.61. The Balaban J connectivity index is 1.59. The number of aromatic nitrogens is 1. The lowest BCUT2D eigenvalue weighted by atomic mass is 10.1. The van der Waals surface area contributed by atoms with Gasteiger partial charge < -0.3 is 15.5 Å². The van der Waals surface area contributed by atoms with Crippen LogP contribution < -0.4 is 11.1 Å². The van der Waals surface area contributed by atoms with E-state index in [9.17, 15) is 4.79 Å². The molecule has 0 saturated carbocycles. The van der Waals surface area contributed by atoms with Gasteiger partial charge in [0.1, 0.15) is 6.26 Å². The predicted octanol–water partition coefficient (Wildman–Crippen LogP) is 3.16. The lowest BCUT2D eigenvalue weighted by Gasteiger charge is -2.07. The lowest BCUT2D eigenvalue weighted by Crippen LogP contribution is -2.23. The minimum Gasteiger partial charge on any atom is -0.446 e. The van der Waals surface area contributed by atoms with E-state index in [0.29, 0.717) is 18.9 Å². The first kappa shape index (κ1) is 16.9. The fourth-order valence-electron chi connectivity index (χ4n) is 2.61. The molecule has 3 N–H and O–H groups in total. The van der Waals surface area contributed by atoms with Crippen molar-refractivity contribution >= 4 is 5.91 Å². The number of rotatable bonds is 6. The number of hydrogen-bond donors (Lipinski definition) is 2. The lowest BCUT2D eigenvalue weighted by molar-refractivity contribution is 0.0946. The van der Waals surface area contributed by atoms with Gasteiger partial charge in [0, 0.05) is 6.54 Å². The van der Waals surface area contributed by atoms with E-state index < -0.39 is 0 Å². The quantitative estimate of drug-likeness (QED) is 0.725. The Morgan fingerprint density at radius 3 is 2.68 bits per heavy atom. The van der Waals surface area contributed by atoms with Crippen LogP contribution in [-0.4, -0.2) is 10.9 Å². The second-order valence-electron chi connectivity index (χ2n) is 6.04. The number of nitrogens with two attached hydrogens (primary N) is 1. The summed E-state index contributed by atoms with van der Waals surface area (Å²) in [5, 5.41) is 2.84. The summed E-state index contributed by atoms with van der Waals surface area (Å²) in [6.45, 7) is 2.46. The third-order valence-corrected chi connectivity index (χ3v) is 3.91. The molecule has 1 unspecified atom stereocenters. The summed E-state index contributed by atoms with van der Waals surface area (Å²) in [6.07, 6.45) is 1.96. The molecule has 0 saturated heterocycles. The third kappa shape index (κ3) is 4.55. The number of carbonyl (C=O) groups is 1. The number of aryl methyl sites for hydroxylation is 1. The van der Waals surface area contributed by atoms with Crippen molar-refractivity contribution in [1.29, 1.82) is 0 Å². The minimum absolute atomic E-state index is 0.242. The van der Waals surface area contributed by atoms with E-state index in [-0.39, 0.29) is 17.6 Å². The average molecular weight is 335 g/mol. The van der Waals surface area contributed by atoms with Crippen LogP contribution in [0.4, 0.5) is 0 Å². The van der Waals surface area contributed by atoms with Crippen molar-refractivity contribution in [2.45, 2.75) is 25.9 Å². The van der Waals surface area contributed by atoms with Crippen molar-refractivity contribution in [3.05, 3.63) is 89.1 Å². The zero-order valence-corrected chi connectivity index (χ0v) is 14.1. The molecule has 0 aliphatic carbocycles. The second kappa shape index (κ2) is 7.77. The maximum absolute atomic E-state index is 12.2. The third-order valence-electron chi connectivity index (χ3n) is 3.91. The maximum atomic E-state index is 12.2. The molecule has 3 aromatic rings. The van der Waals surface area contributed by atoms with Gasteiger partial charge in [0.25, 0.3) is 5.91 Å². The van der Waals surface area contributed by atoms with Gasteiger partial charge in [-0.1, -0.05) is 60.2 Å². The van der Waals surface area contributed by atoms with E-state index >= 15 is 0 Å². The van der Waals surface area contributed by atoms with Crippen LogP contribution in [0, 0.1) is 6.92 Å². The number of hydrogen-bond acceptors (Lipinski definition) is 4. The van der Waals surface area contributed by atoms with E-state index in [1.807, 2.05) is 61.5 Å². The molecule has 25 heavy (non-hydrogen) atoms. The largest absolute Gasteiger partial charge is 0.446 e. The first-order valence-corrected chi connectivity index (χ1v) is 8.20. The van der Waals surface area contributed by atoms with Crippen molar-refractivity contribution in [1.82, 2.24) is 10.3 Å². The highest BCUT2D eigenvalue weighted by atomic mass is 16.3. The molecule has 128 valence electrons. The summed E-state index contributed by atoms with van der Waals surface area (Å²) >= 11 is 0. The van der Waals surface area contributed by atoms with Gasteiger partial charge in [-0.25, -0.2) is 4.98 Å². The molecule has 0 aliphatic heterocycles. The minimum atomic E-state index is -0.388. The van der Waals surface area contributed by atoms with Gasteiger partial charge in [0.05, 0.1) is 6.04 Å². The van der Waals surface area contributed by atoms with Crippen LogP contribution in [0.25, 0.3) is 0 Å². The highest BCUT2D eigenvalue weighted by Gasteiger charge is 2.17. The van der Waals surface area contributed by atoms with Crippen molar-refractivity contribution < 1.29 is 9.21 Å². The molecular formula is C20H21N3O2. The van der Waals surface area contributed by atoms with Gasteiger partial charge in [-0.2, -0.15) is 0 Å².